The Morgan fingerprint density at radius 2 is 1.90 bits per heavy atom. The van der Waals surface area contributed by atoms with E-state index in [0.29, 0.717) is 30.1 Å². The fraction of sp³-hybridized carbons (Fsp3) is 0.370. The standard InChI is InChI=1S/C27H24F3N3O5S/c28-27(29,30)37-21-4-2-1-3-18(21)23-19(24(38-32-23)15-5-6-15)14-36-17-9-11-33(12-10-17)26-31-20-8-7-16(25(34)35)13-22(20)39-26/h1-4,7-8,13,15,17H,5-6,9-12,14H2,(H,34,35)/p-1. The fourth-order valence-corrected chi connectivity index (χ4v) is 5.86. The summed E-state index contributed by atoms with van der Waals surface area (Å²) in [4.78, 5) is 17.9. The minimum Gasteiger partial charge on any atom is -0.545 e. The number of hydrogen-bond acceptors (Lipinski definition) is 9. The van der Waals surface area contributed by atoms with Gasteiger partial charge in [0, 0.05) is 30.1 Å². The molecule has 0 atom stereocenters. The molecule has 0 radical (unpaired) electrons. The van der Waals surface area contributed by atoms with E-state index in [1.807, 2.05) is 0 Å². The number of carboxylic acids is 1. The number of anilines is 1. The molecule has 1 aliphatic heterocycles. The Kier molecular flexibility index (Phi) is 6.67. The predicted octanol–water partition coefficient (Wildman–Crippen LogP) is 5.28. The second-order valence-corrected chi connectivity index (χ2v) is 10.7. The largest absolute Gasteiger partial charge is 0.573 e. The normalized spacial score (nSPS) is 16.6. The molecule has 8 nitrogen and oxygen atoms in total. The summed E-state index contributed by atoms with van der Waals surface area (Å²) < 4.78 is 55.9. The van der Waals surface area contributed by atoms with Crippen LogP contribution in [0.1, 0.15) is 53.3 Å². The number of aromatic nitrogens is 2. The summed E-state index contributed by atoms with van der Waals surface area (Å²) in [6.45, 7) is 1.57. The minimum absolute atomic E-state index is 0.0585. The summed E-state index contributed by atoms with van der Waals surface area (Å²) in [5.74, 6) is -0.701. The van der Waals surface area contributed by atoms with E-state index >= 15 is 0 Å². The number of halogens is 3. The maximum atomic E-state index is 13.0. The van der Waals surface area contributed by atoms with Crippen molar-refractivity contribution >= 4 is 32.7 Å². The SMILES string of the molecule is O=C([O-])c1ccc2nc(N3CCC(OCc4c(-c5ccccc5OC(F)(F)F)noc4C4CC4)CC3)sc2c1. The number of benzene rings is 2. The smallest absolute Gasteiger partial charge is 0.545 e. The van der Waals surface area contributed by atoms with Gasteiger partial charge in [0.1, 0.15) is 17.2 Å². The first-order chi connectivity index (χ1) is 18.7. The molecule has 1 aliphatic carbocycles. The summed E-state index contributed by atoms with van der Waals surface area (Å²) in [5, 5.41) is 16.1. The van der Waals surface area contributed by atoms with Gasteiger partial charge in [-0.3, -0.25) is 0 Å². The number of aromatic carboxylic acids is 1. The number of carbonyl (C=O) groups excluding carboxylic acids is 1. The van der Waals surface area contributed by atoms with Gasteiger partial charge in [-0.05, 0) is 55.5 Å². The number of alkyl halides is 3. The van der Waals surface area contributed by atoms with Gasteiger partial charge < -0.3 is 28.8 Å². The second kappa shape index (κ2) is 10.2. The van der Waals surface area contributed by atoms with Gasteiger partial charge in [-0.2, -0.15) is 0 Å². The van der Waals surface area contributed by atoms with E-state index < -0.39 is 12.3 Å². The van der Waals surface area contributed by atoms with Crippen LogP contribution < -0.4 is 14.7 Å². The van der Waals surface area contributed by atoms with Gasteiger partial charge >= 0.3 is 6.36 Å². The fourth-order valence-electron chi connectivity index (χ4n) is 4.80. The number of nitrogens with zero attached hydrogens (tertiary/aromatic N) is 3. The number of rotatable bonds is 8. The summed E-state index contributed by atoms with van der Waals surface area (Å²) in [5.41, 5.74) is 2.03. The summed E-state index contributed by atoms with van der Waals surface area (Å²) in [6, 6.07) is 10.6. The van der Waals surface area contributed by atoms with E-state index in [-0.39, 0.29) is 35.5 Å². The van der Waals surface area contributed by atoms with E-state index in [1.165, 1.54) is 35.6 Å². The van der Waals surface area contributed by atoms with Gasteiger partial charge in [0.15, 0.2) is 5.13 Å². The maximum Gasteiger partial charge on any atom is 0.573 e. The molecule has 12 heteroatoms. The number of carbonyl (C=O) groups is 1. The van der Waals surface area contributed by atoms with Crippen molar-refractivity contribution in [1.29, 1.82) is 0 Å². The molecule has 0 spiro atoms. The highest BCUT2D eigenvalue weighted by Gasteiger charge is 2.36. The van der Waals surface area contributed by atoms with Crippen LogP contribution in [0.25, 0.3) is 21.5 Å². The number of carboxylic acid groups (broad SMARTS) is 1. The van der Waals surface area contributed by atoms with Gasteiger partial charge in [-0.25, -0.2) is 4.98 Å². The molecule has 2 aromatic heterocycles. The van der Waals surface area contributed by atoms with Crippen LogP contribution in [0.15, 0.2) is 47.0 Å². The zero-order valence-electron chi connectivity index (χ0n) is 20.6. The molecular weight excluding hydrogens is 535 g/mol. The lowest BCUT2D eigenvalue weighted by Crippen LogP contribution is -2.36. The number of para-hydroxylation sites is 1. The first-order valence-electron chi connectivity index (χ1n) is 12.6. The van der Waals surface area contributed by atoms with Crippen LogP contribution in [-0.4, -0.2) is 41.7 Å². The molecule has 0 amide bonds. The van der Waals surface area contributed by atoms with Crippen LogP contribution in [0.2, 0.25) is 0 Å². The van der Waals surface area contributed by atoms with Crippen LogP contribution >= 0.6 is 11.3 Å². The lowest BCUT2D eigenvalue weighted by Gasteiger charge is -2.31. The second-order valence-electron chi connectivity index (χ2n) is 9.66. The molecule has 204 valence electrons. The molecule has 39 heavy (non-hydrogen) atoms. The van der Waals surface area contributed by atoms with Crippen molar-refractivity contribution in [2.75, 3.05) is 18.0 Å². The highest BCUT2D eigenvalue weighted by molar-refractivity contribution is 7.22. The van der Waals surface area contributed by atoms with Crippen molar-refractivity contribution in [1.82, 2.24) is 10.1 Å². The minimum atomic E-state index is -4.83. The number of hydrogen-bond donors (Lipinski definition) is 0. The van der Waals surface area contributed by atoms with Crippen molar-refractivity contribution in [2.24, 2.45) is 0 Å². The zero-order chi connectivity index (χ0) is 27.1. The molecule has 2 aliphatic rings. The van der Waals surface area contributed by atoms with E-state index in [2.05, 4.69) is 19.8 Å². The Labute approximate surface area is 224 Å². The molecule has 0 N–H and O–H groups in total. The molecule has 6 rings (SSSR count). The quantitative estimate of drug-likeness (QED) is 0.288. The van der Waals surface area contributed by atoms with Gasteiger partial charge in [0.2, 0.25) is 0 Å². The average Bonchev–Trinajstić information content (AvgIpc) is 3.52. The third-order valence-corrected chi connectivity index (χ3v) is 8.00. The van der Waals surface area contributed by atoms with Crippen molar-refractivity contribution in [3.05, 3.63) is 59.4 Å². The number of fused-ring (bicyclic) bond motifs is 1. The van der Waals surface area contributed by atoms with Crippen LogP contribution in [0, 0.1) is 0 Å². The summed E-state index contributed by atoms with van der Waals surface area (Å²) >= 11 is 1.44. The Hall–Kier alpha value is -3.64. The van der Waals surface area contributed by atoms with Gasteiger partial charge in [-0.1, -0.05) is 34.7 Å². The highest BCUT2D eigenvalue weighted by Crippen LogP contribution is 2.46. The Morgan fingerprint density at radius 3 is 2.62 bits per heavy atom. The molecule has 3 heterocycles. The molecule has 4 aromatic rings. The van der Waals surface area contributed by atoms with Crippen LogP contribution in [-0.2, 0) is 11.3 Å². The van der Waals surface area contributed by atoms with Gasteiger partial charge in [-0.15, -0.1) is 13.2 Å². The predicted molar refractivity (Wildman–Crippen MR) is 135 cm³/mol. The van der Waals surface area contributed by atoms with Crippen LogP contribution in [0.5, 0.6) is 5.75 Å². The van der Waals surface area contributed by atoms with Crippen molar-refractivity contribution in [3.63, 3.8) is 0 Å². The number of ether oxygens (including phenoxy) is 2. The molecule has 0 unspecified atom stereocenters. The van der Waals surface area contributed by atoms with Crippen molar-refractivity contribution < 1.29 is 37.1 Å². The maximum absolute atomic E-state index is 13.0. The van der Waals surface area contributed by atoms with Crippen molar-refractivity contribution in [2.45, 2.75) is 50.7 Å². The first kappa shape index (κ1) is 25.6. The monoisotopic (exact) mass is 558 g/mol. The molecule has 1 saturated heterocycles. The topological polar surface area (TPSA) is 101 Å². The van der Waals surface area contributed by atoms with Gasteiger partial charge in [0.25, 0.3) is 0 Å². The van der Waals surface area contributed by atoms with E-state index in [9.17, 15) is 23.1 Å². The third kappa shape index (κ3) is 5.57. The van der Waals surface area contributed by atoms with E-state index in [4.69, 9.17) is 9.26 Å². The Morgan fingerprint density at radius 1 is 1.13 bits per heavy atom. The molecule has 2 fully saturated rings. The molecule has 2 aromatic carbocycles. The van der Waals surface area contributed by atoms with Crippen molar-refractivity contribution in [3.8, 4) is 17.0 Å². The first-order valence-corrected chi connectivity index (χ1v) is 13.4. The Bertz CT molecular complexity index is 1510. The Balaban J connectivity index is 1.14. The van der Waals surface area contributed by atoms with Crippen LogP contribution in [0.4, 0.5) is 18.3 Å². The number of piperidine rings is 1. The number of thiazole rings is 1. The average molecular weight is 559 g/mol. The molecular formula is C27H23F3N3O5S-. The molecule has 0 bridgehead atoms. The summed E-state index contributed by atoms with van der Waals surface area (Å²) in [6.07, 6.45) is -1.55. The van der Waals surface area contributed by atoms with Gasteiger partial charge in [0.05, 0.1) is 28.9 Å². The zero-order valence-corrected chi connectivity index (χ0v) is 21.4. The van der Waals surface area contributed by atoms with E-state index in [0.717, 1.165) is 41.0 Å². The third-order valence-electron chi connectivity index (χ3n) is 6.92. The lowest BCUT2D eigenvalue weighted by molar-refractivity contribution is -0.274. The molecule has 1 saturated carbocycles. The van der Waals surface area contributed by atoms with Crippen LogP contribution in [0.3, 0.4) is 0 Å². The summed E-state index contributed by atoms with van der Waals surface area (Å²) in [7, 11) is 0. The lowest BCUT2D eigenvalue weighted by atomic mass is 10.0. The van der Waals surface area contributed by atoms with E-state index in [1.54, 1.807) is 18.2 Å². The highest BCUT2D eigenvalue weighted by atomic mass is 32.1.